The molecule has 0 bridgehead atoms. The molecule has 0 radical (unpaired) electrons. The zero-order chi connectivity index (χ0) is 13.0. The van der Waals surface area contributed by atoms with E-state index in [-0.39, 0.29) is 5.82 Å². The normalized spacial score (nSPS) is 17.1. The summed E-state index contributed by atoms with van der Waals surface area (Å²) in [5, 5.41) is 3.50. The predicted octanol–water partition coefficient (Wildman–Crippen LogP) is 2.44. The third-order valence-electron chi connectivity index (χ3n) is 3.56. The monoisotopic (exact) mass is 250 g/mol. The van der Waals surface area contributed by atoms with Crippen molar-refractivity contribution in [2.24, 2.45) is 0 Å². The first kappa shape index (κ1) is 13.5. The molecular weight excluding hydrogens is 227 g/mol. The van der Waals surface area contributed by atoms with Gasteiger partial charge in [0.15, 0.2) is 0 Å². The number of nitrogens with one attached hydrogen (secondary N) is 1. The lowest BCUT2D eigenvalue weighted by molar-refractivity contribution is 0.315. The highest BCUT2D eigenvalue weighted by atomic mass is 19.1. The van der Waals surface area contributed by atoms with E-state index in [1.54, 1.807) is 12.1 Å². The minimum absolute atomic E-state index is 0.145. The van der Waals surface area contributed by atoms with E-state index >= 15 is 0 Å². The Hall–Kier alpha value is -0.930. The van der Waals surface area contributed by atoms with Crippen LogP contribution in [0.15, 0.2) is 24.3 Å². The van der Waals surface area contributed by atoms with Crippen LogP contribution >= 0.6 is 0 Å². The number of halogens is 1. The lowest BCUT2D eigenvalue weighted by atomic mass is 10.1. The molecule has 1 unspecified atom stereocenters. The molecule has 0 saturated heterocycles. The molecule has 2 nitrogen and oxygen atoms in total. The highest BCUT2D eigenvalue weighted by molar-refractivity contribution is 5.17. The van der Waals surface area contributed by atoms with E-state index < -0.39 is 0 Å². The van der Waals surface area contributed by atoms with E-state index in [9.17, 15) is 4.39 Å². The molecule has 1 fully saturated rings. The van der Waals surface area contributed by atoms with Gasteiger partial charge in [-0.2, -0.15) is 0 Å². The van der Waals surface area contributed by atoms with Gasteiger partial charge in [0.1, 0.15) is 5.82 Å². The van der Waals surface area contributed by atoms with Crippen LogP contribution < -0.4 is 5.32 Å². The van der Waals surface area contributed by atoms with Crippen molar-refractivity contribution in [1.29, 1.82) is 0 Å². The van der Waals surface area contributed by atoms with Gasteiger partial charge in [-0.05, 0) is 50.9 Å². The van der Waals surface area contributed by atoms with Gasteiger partial charge in [0.25, 0.3) is 0 Å². The molecule has 3 heteroatoms. The molecule has 0 heterocycles. The van der Waals surface area contributed by atoms with Gasteiger partial charge in [-0.15, -0.1) is 0 Å². The van der Waals surface area contributed by atoms with Gasteiger partial charge < -0.3 is 10.2 Å². The number of benzene rings is 1. The van der Waals surface area contributed by atoms with Crippen molar-refractivity contribution in [3.63, 3.8) is 0 Å². The predicted molar refractivity (Wildman–Crippen MR) is 73.2 cm³/mol. The maximum Gasteiger partial charge on any atom is 0.123 e. The average molecular weight is 250 g/mol. The standard InChI is InChI=1S/C15H23FN2/c1-12(10-13-4-3-5-14(16)11-13)17-8-9-18(2)15-6-7-15/h3-5,11-12,15,17H,6-10H2,1-2H3. The minimum atomic E-state index is -0.145. The van der Waals surface area contributed by atoms with Crippen LogP contribution in [-0.4, -0.2) is 37.1 Å². The van der Waals surface area contributed by atoms with Gasteiger partial charge in [-0.25, -0.2) is 4.39 Å². The number of likely N-dealkylation sites (N-methyl/N-ethyl adjacent to an activating group) is 1. The van der Waals surface area contributed by atoms with E-state index in [4.69, 9.17) is 0 Å². The van der Waals surface area contributed by atoms with Crippen molar-refractivity contribution in [1.82, 2.24) is 10.2 Å². The van der Waals surface area contributed by atoms with Crippen LogP contribution in [0.4, 0.5) is 4.39 Å². The second-order valence-electron chi connectivity index (χ2n) is 5.40. The number of hydrogen-bond donors (Lipinski definition) is 1. The zero-order valence-corrected chi connectivity index (χ0v) is 11.3. The number of rotatable bonds is 7. The zero-order valence-electron chi connectivity index (χ0n) is 11.3. The van der Waals surface area contributed by atoms with Gasteiger partial charge in [-0.3, -0.25) is 0 Å². The maximum atomic E-state index is 13.0. The van der Waals surface area contributed by atoms with Crippen LogP contribution in [0, 0.1) is 5.82 Å². The number of nitrogens with zero attached hydrogens (tertiary/aromatic N) is 1. The molecule has 1 aromatic carbocycles. The molecule has 1 atom stereocenters. The SMILES string of the molecule is CC(Cc1cccc(F)c1)NCCN(C)C1CC1. The van der Waals surface area contributed by atoms with Crippen molar-refractivity contribution in [3.8, 4) is 0 Å². The highest BCUT2D eigenvalue weighted by Gasteiger charge is 2.25. The Bertz CT molecular complexity index is 377. The molecule has 18 heavy (non-hydrogen) atoms. The van der Waals surface area contributed by atoms with Crippen LogP contribution in [0.3, 0.4) is 0 Å². The van der Waals surface area contributed by atoms with Gasteiger partial charge in [0, 0.05) is 25.2 Å². The lowest BCUT2D eigenvalue weighted by Gasteiger charge is -2.19. The lowest BCUT2D eigenvalue weighted by Crippen LogP contribution is -2.36. The summed E-state index contributed by atoms with van der Waals surface area (Å²) in [7, 11) is 2.19. The average Bonchev–Trinajstić information content (AvgIpc) is 3.12. The summed E-state index contributed by atoms with van der Waals surface area (Å²) in [6.45, 7) is 4.25. The smallest absolute Gasteiger partial charge is 0.123 e. The van der Waals surface area contributed by atoms with Crippen molar-refractivity contribution in [2.75, 3.05) is 20.1 Å². The molecule has 1 aliphatic carbocycles. The molecule has 1 aliphatic rings. The van der Waals surface area contributed by atoms with Crippen molar-refractivity contribution >= 4 is 0 Å². The first-order valence-electron chi connectivity index (χ1n) is 6.83. The first-order chi connectivity index (χ1) is 8.65. The molecule has 1 aromatic rings. The molecule has 1 N–H and O–H groups in total. The Kier molecular flexibility index (Phi) is 4.72. The Morgan fingerprint density at radius 2 is 2.22 bits per heavy atom. The first-order valence-corrected chi connectivity index (χ1v) is 6.83. The molecule has 0 amide bonds. The number of hydrogen-bond acceptors (Lipinski definition) is 2. The third kappa shape index (κ3) is 4.39. The van der Waals surface area contributed by atoms with Crippen LogP contribution in [0.2, 0.25) is 0 Å². The van der Waals surface area contributed by atoms with Crippen molar-refractivity contribution < 1.29 is 4.39 Å². The molecule has 0 spiro atoms. The minimum Gasteiger partial charge on any atom is -0.313 e. The second kappa shape index (κ2) is 6.30. The Morgan fingerprint density at radius 1 is 1.44 bits per heavy atom. The largest absolute Gasteiger partial charge is 0.313 e. The Labute approximate surface area is 109 Å². The molecule has 100 valence electrons. The van der Waals surface area contributed by atoms with E-state index in [0.29, 0.717) is 6.04 Å². The fourth-order valence-corrected chi connectivity index (χ4v) is 2.27. The molecular formula is C15H23FN2. The third-order valence-corrected chi connectivity index (χ3v) is 3.56. The Morgan fingerprint density at radius 3 is 2.89 bits per heavy atom. The molecule has 0 aliphatic heterocycles. The van der Waals surface area contributed by atoms with E-state index in [1.165, 1.54) is 18.9 Å². The van der Waals surface area contributed by atoms with Gasteiger partial charge in [-0.1, -0.05) is 12.1 Å². The maximum absolute atomic E-state index is 13.0. The summed E-state index contributed by atoms with van der Waals surface area (Å²) in [6.07, 6.45) is 3.59. The van der Waals surface area contributed by atoms with E-state index in [2.05, 4.69) is 24.2 Å². The summed E-state index contributed by atoms with van der Waals surface area (Å²) in [4.78, 5) is 2.42. The summed E-state index contributed by atoms with van der Waals surface area (Å²) in [5.74, 6) is -0.145. The second-order valence-corrected chi connectivity index (χ2v) is 5.40. The van der Waals surface area contributed by atoms with E-state index in [0.717, 1.165) is 31.1 Å². The van der Waals surface area contributed by atoms with Gasteiger partial charge in [0.2, 0.25) is 0 Å². The summed E-state index contributed by atoms with van der Waals surface area (Å²) in [6, 6.07) is 8.08. The van der Waals surface area contributed by atoms with Crippen LogP contribution in [0.5, 0.6) is 0 Å². The topological polar surface area (TPSA) is 15.3 Å². The molecule has 0 aromatic heterocycles. The Balaban J connectivity index is 1.66. The molecule has 2 rings (SSSR count). The summed E-state index contributed by atoms with van der Waals surface area (Å²) < 4.78 is 13.0. The molecule has 1 saturated carbocycles. The van der Waals surface area contributed by atoms with E-state index in [1.807, 2.05) is 6.07 Å². The summed E-state index contributed by atoms with van der Waals surface area (Å²) in [5.41, 5.74) is 1.06. The van der Waals surface area contributed by atoms with Crippen LogP contribution in [-0.2, 0) is 6.42 Å². The van der Waals surface area contributed by atoms with Crippen LogP contribution in [0.1, 0.15) is 25.3 Å². The van der Waals surface area contributed by atoms with Crippen LogP contribution in [0.25, 0.3) is 0 Å². The highest BCUT2D eigenvalue weighted by Crippen LogP contribution is 2.24. The fraction of sp³-hybridized carbons (Fsp3) is 0.600. The van der Waals surface area contributed by atoms with Crippen molar-refractivity contribution in [3.05, 3.63) is 35.6 Å². The fourth-order valence-electron chi connectivity index (χ4n) is 2.27. The van der Waals surface area contributed by atoms with Crippen molar-refractivity contribution in [2.45, 2.75) is 38.3 Å². The summed E-state index contributed by atoms with van der Waals surface area (Å²) >= 11 is 0. The van der Waals surface area contributed by atoms with Gasteiger partial charge in [0.05, 0.1) is 0 Å². The quantitative estimate of drug-likeness (QED) is 0.799. The van der Waals surface area contributed by atoms with Gasteiger partial charge >= 0.3 is 0 Å².